The van der Waals surface area contributed by atoms with E-state index in [2.05, 4.69) is 56.3 Å². The quantitative estimate of drug-likeness (QED) is 0.658. The summed E-state index contributed by atoms with van der Waals surface area (Å²) in [5, 5.41) is 0. The summed E-state index contributed by atoms with van der Waals surface area (Å²) in [5.41, 5.74) is 5.77. The van der Waals surface area contributed by atoms with Gasteiger partial charge in [-0.1, -0.05) is 70.5 Å². The molecule has 0 fully saturated rings. The molecule has 0 bridgehead atoms. The molecule has 0 N–H and O–H groups in total. The first kappa shape index (κ1) is 14.7. The Bertz CT molecular complexity index is 520. The van der Waals surface area contributed by atoms with Gasteiger partial charge in [-0.05, 0) is 41.7 Å². The normalized spacial score (nSPS) is 13.6. The lowest BCUT2D eigenvalue weighted by Crippen LogP contribution is -2.23. The fourth-order valence-corrected chi connectivity index (χ4v) is 3.52. The Hall–Kier alpha value is -1.74. The van der Waals surface area contributed by atoms with Gasteiger partial charge in [0.25, 0.3) is 0 Å². The van der Waals surface area contributed by atoms with E-state index in [-0.39, 0.29) is 5.41 Å². The van der Waals surface area contributed by atoms with Crippen LogP contribution >= 0.6 is 0 Å². The van der Waals surface area contributed by atoms with Gasteiger partial charge in [-0.2, -0.15) is 0 Å². The van der Waals surface area contributed by atoms with Crippen LogP contribution in [-0.4, -0.2) is 0 Å². The predicted molar refractivity (Wildman–Crippen MR) is 86.9 cm³/mol. The average Bonchev–Trinajstić information content (AvgIpc) is 2.81. The third-order valence-electron chi connectivity index (χ3n) is 4.31. The molecule has 1 atom stereocenters. The summed E-state index contributed by atoms with van der Waals surface area (Å²) in [4.78, 5) is 0. The van der Waals surface area contributed by atoms with E-state index in [9.17, 15) is 0 Å². The summed E-state index contributed by atoms with van der Waals surface area (Å²) in [6.07, 6.45) is 3.58. The SMILES string of the molecule is CC.CCCC1(CC)c2ccc#cc2-c2ccccc21. The van der Waals surface area contributed by atoms with Crippen molar-refractivity contribution in [2.75, 3.05) is 0 Å². The third kappa shape index (κ3) is 2.02. The van der Waals surface area contributed by atoms with Crippen LogP contribution in [0.25, 0.3) is 11.1 Å². The molecule has 0 saturated carbocycles. The van der Waals surface area contributed by atoms with E-state index >= 15 is 0 Å². The van der Waals surface area contributed by atoms with Crippen LogP contribution in [0.5, 0.6) is 0 Å². The molecular weight excluding hydrogens is 240 g/mol. The van der Waals surface area contributed by atoms with Crippen LogP contribution < -0.4 is 0 Å². The lowest BCUT2D eigenvalue weighted by Gasteiger charge is -2.30. The molecule has 0 amide bonds. The molecule has 1 aliphatic carbocycles. The Morgan fingerprint density at radius 1 is 1.00 bits per heavy atom. The second kappa shape index (κ2) is 6.14. The van der Waals surface area contributed by atoms with Crippen molar-refractivity contribution in [1.82, 2.24) is 0 Å². The summed E-state index contributed by atoms with van der Waals surface area (Å²) in [6.45, 7) is 8.58. The van der Waals surface area contributed by atoms with Crippen molar-refractivity contribution in [1.29, 1.82) is 0 Å². The van der Waals surface area contributed by atoms with Gasteiger partial charge in [0.15, 0.2) is 0 Å². The van der Waals surface area contributed by atoms with E-state index in [0.717, 1.165) is 6.42 Å². The van der Waals surface area contributed by atoms with Crippen LogP contribution in [0.15, 0.2) is 36.4 Å². The molecule has 0 aromatic heterocycles. The molecule has 0 aliphatic heterocycles. The zero-order valence-electron chi connectivity index (χ0n) is 13.1. The first-order chi connectivity index (χ1) is 9.83. The molecule has 1 aliphatic rings. The van der Waals surface area contributed by atoms with Crippen molar-refractivity contribution < 1.29 is 0 Å². The third-order valence-corrected chi connectivity index (χ3v) is 4.31. The lowest BCUT2D eigenvalue weighted by atomic mass is 9.73. The van der Waals surface area contributed by atoms with Gasteiger partial charge in [0, 0.05) is 11.0 Å². The summed E-state index contributed by atoms with van der Waals surface area (Å²) in [5.74, 6) is 0. The lowest BCUT2D eigenvalue weighted by molar-refractivity contribution is 0.461. The van der Waals surface area contributed by atoms with E-state index in [1.165, 1.54) is 35.1 Å². The minimum atomic E-state index is 0.201. The molecule has 104 valence electrons. The maximum absolute atomic E-state index is 3.33. The number of hydrogen-bond acceptors (Lipinski definition) is 0. The van der Waals surface area contributed by atoms with Crippen molar-refractivity contribution in [3.8, 4) is 11.1 Å². The van der Waals surface area contributed by atoms with Crippen molar-refractivity contribution in [3.63, 3.8) is 0 Å². The highest BCUT2D eigenvalue weighted by molar-refractivity contribution is 5.79. The molecule has 0 saturated heterocycles. The molecule has 2 aromatic rings. The van der Waals surface area contributed by atoms with Crippen molar-refractivity contribution in [2.24, 2.45) is 0 Å². The Labute approximate surface area is 123 Å². The van der Waals surface area contributed by atoms with Gasteiger partial charge < -0.3 is 0 Å². The smallest absolute Gasteiger partial charge is 0.0365 e. The van der Waals surface area contributed by atoms with E-state index in [0.29, 0.717) is 0 Å². The van der Waals surface area contributed by atoms with Crippen LogP contribution in [-0.2, 0) is 5.41 Å². The van der Waals surface area contributed by atoms with Crippen molar-refractivity contribution in [2.45, 2.75) is 52.4 Å². The molecule has 2 aromatic carbocycles. The van der Waals surface area contributed by atoms with Crippen molar-refractivity contribution >= 4 is 0 Å². The molecule has 3 rings (SSSR count). The van der Waals surface area contributed by atoms with Crippen LogP contribution in [0.3, 0.4) is 0 Å². The first-order valence-corrected chi connectivity index (χ1v) is 7.86. The summed E-state index contributed by atoms with van der Waals surface area (Å²) in [6, 6.07) is 19.5. The van der Waals surface area contributed by atoms with Gasteiger partial charge in [-0.15, -0.1) is 0 Å². The first-order valence-electron chi connectivity index (χ1n) is 7.86. The molecule has 0 nitrogen and oxygen atoms in total. The monoisotopic (exact) mass is 264 g/mol. The Kier molecular flexibility index (Phi) is 4.50. The van der Waals surface area contributed by atoms with Crippen LogP contribution in [0, 0.1) is 12.1 Å². The highest BCUT2D eigenvalue weighted by Gasteiger charge is 2.40. The highest BCUT2D eigenvalue weighted by Crippen LogP contribution is 2.52. The van der Waals surface area contributed by atoms with Gasteiger partial charge >= 0.3 is 0 Å². The summed E-state index contributed by atoms with van der Waals surface area (Å²) in [7, 11) is 0. The van der Waals surface area contributed by atoms with Crippen LogP contribution in [0.4, 0.5) is 0 Å². The van der Waals surface area contributed by atoms with Crippen LogP contribution in [0.2, 0.25) is 0 Å². The standard InChI is InChI=1S/C18H18.C2H6/c1-3-13-18(4-2)16-11-7-5-9-14(16)15-10-6-8-12-17(15)18;1-2/h5,7-9,11-12H,3-4,13H2,1-2H3;1-2H3. The Morgan fingerprint density at radius 2 is 1.75 bits per heavy atom. The Balaban J connectivity index is 0.000000704. The molecule has 0 heterocycles. The molecule has 0 spiro atoms. The zero-order valence-corrected chi connectivity index (χ0v) is 13.1. The molecule has 0 radical (unpaired) electrons. The maximum atomic E-state index is 3.33. The summed E-state index contributed by atoms with van der Waals surface area (Å²) < 4.78 is 0. The minimum absolute atomic E-state index is 0.201. The largest absolute Gasteiger partial charge is 0.0696 e. The fourth-order valence-electron chi connectivity index (χ4n) is 3.52. The number of fused-ring (bicyclic) bond motifs is 3. The topological polar surface area (TPSA) is 0 Å². The highest BCUT2D eigenvalue weighted by atomic mass is 14.4. The van der Waals surface area contributed by atoms with E-state index in [4.69, 9.17) is 0 Å². The zero-order chi connectivity index (χ0) is 14.6. The minimum Gasteiger partial charge on any atom is -0.0696 e. The molecule has 20 heavy (non-hydrogen) atoms. The predicted octanol–water partition coefficient (Wildman–Crippen LogP) is 5.79. The number of benzene rings is 1. The van der Waals surface area contributed by atoms with Gasteiger partial charge in [0.1, 0.15) is 0 Å². The Morgan fingerprint density at radius 3 is 2.45 bits per heavy atom. The molecule has 0 heteroatoms. The van der Waals surface area contributed by atoms with E-state index < -0.39 is 0 Å². The molecule has 1 unspecified atom stereocenters. The van der Waals surface area contributed by atoms with E-state index in [1.54, 1.807) is 0 Å². The average molecular weight is 264 g/mol. The van der Waals surface area contributed by atoms with Crippen LogP contribution in [0.1, 0.15) is 58.1 Å². The van der Waals surface area contributed by atoms with Gasteiger partial charge in [-0.3, -0.25) is 0 Å². The van der Waals surface area contributed by atoms with Gasteiger partial charge in [0.2, 0.25) is 0 Å². The number of hydrogen-bond donors (Lipinski definition) is 0. The van der Waals surface area contributed by atoms with E-state index in [1.807, 2.05) is 19.9 Å². The number of rotatable bonds is 3. The molecular formula is C20H24. The fraction of sp³-hybridized carbons (Fsp3) is 0.400. The van der Waals surface area contributed by atoms with Gasteiger partial charge in [-0.25, -0.2) is 0 Å². The van der Waals surface area contributed by atoms with Gasteiger partial charge in [0.05, 0.1) is 0 Å². The second-order valence-corrected chi connectivity index (χ2v) is 5.12. The second-order valence-electron chi connectivity index (χ2n) is 5.12. The van der Waals surface area contributed by atoms with Crippen molar-refractivity contribution in [3.05, 3.63) is 59.7 Å². The maximum Gasteiger partial charge on any atom is 0.0365 e. The summed E-state index contributed by atoms with van der Waals surface area (Å²) >= 11 is 0.